The smallest absolute Gasteiger partial charge is 0.291 e. The molecule has 0 saturated heterocycles. The van der Waals surface area contributed by atoms with Crippen LogP contribution in [0, 0.1) is 6.92 Å². The van der Waals surface area contributed by atoms with E-state index in [1.165, 1.54) is 0 Å². The lowest BCUT2D eigenvalue weighted by Crippen LogP contribution is -2.29. The van der Waals surface area contributed by atoms with E-state index in [-0.39, 0.29) is 29.2 Å². The van der Waals surface area contributed by atoms with Gasteiger partial charge < -0.3 is 18.8 Å². The molecule has 1 atom stereocenters. The highest BCUT2D eigenvalue weighted by Crippen LogP contribution is 2.42. The summed E-state index contributed by atoms with van der Waals surface area (Å²) in [6.45, 7) is 4.71. The maximum absolute atomic E-state index is 13.9. The molecular weight excluding hydrogens is 537 g/mol. The van der Waals surface area contributed by atoms with Gasteiger partial charge in [-0.05, 0) is 60.4 Å². The van der Waals surface area contributed by atoms with Crippen LogP contribution < -0.4 is 14.9 Å². The van der Waals surface area contributed by atoms with Gasteiger partial charge in [0.1, 0.15) is 5.58 Å². The first-order chi connectivity index (χ1) is 18.8. The van der Waals surface area contributed by atoms with Crippen LogP contribution in [0.25, 0.3) is 11.0 Å². The van der Waals surface area contributed by atoms with E-state index in [4.69, 9.17) is 37.1 Å². The van der Waals surface area contributed by atoms with E-state index < -0.39 is 6.04 Å². The van der Waals surface area contributed by atoms with Crippen LogP contribution in [0.4, 0.5) is 0 Å². The van der Waals surface area contributed by atoms with Crippen molar-refractivity contribution in [2.45, 2.75) is 45.7 Å². The topological polar surface area (TPSA) is 69.0 Å². The molecule has 1 aliphatic rings. The van der Waals surface area contributed by atoms with Gasteiger partial charge in [0.25, 0.3) is 5.91 Å². The highest BCUT2D eigenvalue weighted by atomic mass is 35.5. The third-order valence-corrected chi connectivity index (χ3v) is 7.83. The van der Waals surface area contributed by atoms with Crippen molar-refractivity contribution in [2.75, 3.05) is 13.7 Å². The fourth-order valence-corrected chi connectivity index (χ4v) is 5.33. The van der Waals surface area contributed by atoms with Crippen molar-refractivity contribution in [1.82, 2.24) is 4.90 Å². The monoisotopic (exact) mass is 565 g/mol. The van der Waals surface area contributed by atoms with Crippen molar-refractivity contribution < 1.29 is 18.7 Å². The minimum absolute atomic E-state index is 0.0186. The molecule has 1 amide bonds. The van der Waals surface area contributed by atoms with E-state index in [0.29, 0.717) is 44.7 Å². The molecule has 0 spiro atoms. The van der Waals surface area contributed by atoms with Crippen LogP contribution in [-0.4, -0.2) is 24.5 Å². The first-order valence-electron chi connectivity index (χ1n) is 13.0. The number of aryl methyl sites for hydroxylation is 1. The summed E-state index contributed by atoms with van der Waals surface area (Å²) in [7, 11) is 1.57. The van der Waals surface area contributed by atoms with Crippen LogP contribution in [0.2, 0.25) is 10.0 Å². The minimum Gasteiger partial charge on any atom is -0.493 e. The number of unbranched alkanes of at least 4 members (excludes halogenated alkanes) is 2. The van der Waals surface area contributed by atoms with Crippen molar-refractivity contribution in [2.24, 2.45) is 0 Å². The zero-order valence-electron chi connectivity index (χ0n) is 22.1. The summed E-state index contributed by atoms with van der Waals surface area (Å²) in [5.74, 6) is 0.754. The second kappa shape index (κ2) is 11.3. The SMILES string of the molecule is CCCCCOc1ccc(C2c3c(oc4cc(C)c(Cl)cc4c3=O)C(=O)N2Cc2ccccc2Cl)cc1OC. The number of carbonyl (C=O) groups excluding carboxylic acids is 1. The molecule has 0 bridgehead atoms. The van der Waals surface area contributed by atoms with Crippen LogP contribution in [0.3, 0.4) is 0 Å². The number of halogens is 2. The quantitative estimate of drug-likeness (QED) is 0.194. The molecule has 0 radical (unpaired) electrons. The van der Waals surface area contributed by atoms with Crippen molar-refractivity contribution >= 4 is 40.1 Å². The number of hydrogen-bond donors (Lipinski definition) is 0. The van der Waals surface area contributed by atoms with Gasteiger partial charge in [-0.25, -0.2) is 0 Å². The fourth-order valence-electron chi connectivity index (χ4n) is 4.97. The molecule has 0 fully saturated rings. The molecule has 5 rings (SSSR count). The number of nitrogens with zero attached hydrogens (tertiary/aromatic N) is 1. The molecular formula is C31H29Cl2NO5. The first-order valence-corrected chi connectivity index (χ1v) is 13.7. The van der Waals surface area contributed by atoms with Gasteiger partial charge in [-0.15, -0.1) is 0 Å². The summed E-state index contributed by atoms with van der Waals surface area (Å²) >= 11 is 12.8. The van der Waals surface area contributed by atoms with E-state index in [2.05, 4.69) is 6.92 Å². The summed E-state index contributed by atoms with van der Waals surface area (Å²) in [6.07, 6.45) is 3.11. The average molecular weight is 566 g/mol. The predicted octanol–water partition coefficient (Wildman–Crippen LogP) is 7.73. The molecule has 4 aromatic rings. The normalized spacial score (nSPS) is 14.6. The van der Waals surface area contributed by atoms with Crippen LogP contribution in [-0.2, 0) is 6.54 Å². The lowest BCUT2D eigenvalue weighted by Gasteiger charge is -2.26. The third-order valence-electron chi connectivity index (χ3n) is 7.05. The third kappa shape index (κ3) is 5.11. The number of carbonyl (C=O) groups is 1. The maximum atomic E-state index is 13.9. The van der Waals surface area contributed by atoms with Crippen molar-refractivity contribution in [1.29, 1.82) is 0 Å². The van der Waals surface area contributed by atoms with Crippen molar-refractivity contribution in [3.63, 3.8) is 0 Å². The maximum Gasteiger partial charge on any atom is 0.291 e. The molecule has 6 nitrogen and oxygen atoms in total. The molecule has 0 saturated carbocycles. The lowest BCUT2D eigenvalue weighted by atomic mass is 9.97. The lowest BCUT2D eigenvalue weighted by molar-refractivity contribution is 0.0714. The average Bonchev–Trinajstić information content (AvgIpc) is 3.20. The Morgan fingerprint density at radius 1 is 0.974 bits per heavy atom. The first kappa shape index (κ1) is 27.1. The molecule has 0 aliphatic carbocycles. The van der Waals surface area contributed by atoms with E-state index in [1.54, 1.807) is 30.2 Å². The number of amides is 1. The predicted molar refractivity (Wildman–Crippen MR) is 153 cm³/mol. The molecule has 1 aliphatic heterocycles. The molecule has 3 aromatic carbocycles. The Bertz CT molecular complexity index is 1610. The highest BCUT2D eigenvalue weighted by molar-refractivity contribution is 6.32. The van der Waals surface area contributed by atoms with Crippen molar-refractivity contribution in [3.05, 3.63) is 103 Å². The Kier molecular flexibility index (Phi) is 7.87. The van der Waals surface area contributed by atoms with Crippen LogP contribution in [0.15, 0.2) is 63.8 Å². The Hall–Kier alpha value is -3.48. The summed E-state index contributed by atoms with van der Waals surface area (Å²) in [6, 6.07) is 15.4. The number of benzene rings is 3. The van der Waals surface area contributed by atoms with Gasteiger partial charge in [-0.1, -0.05) is 67.2 Å². The number of methoxy groups -OCH3 is 1. The van der Waals surface area contributed by atoms with E-state index >= 15 is 0 Å². The highest BCUT2D eigenvalue weighted by Gasteiger charge is 2.43. The van der Waals surface area contributed by atoms with Gasteiger partial charge in [0.15, 0.2) is 16.9 Å². The second-order valence-electron chi connectivity index (χ2n) is 9.66. The van der Waals surface area contributed by atoms with E-state index in [1.807, 2.05) is 43.3 Å². The zero-order chi connectivity index (χ0) is 27.7. The Morgan fingerprint density at radius 2 is 1.77 bits per heavy atom. The number of ether oxygens (including phenoxy) is 2. The van der Waals surface area contributed by atoms with Crippen LogP contribution in [0.1, 0.15) is 65.0 Å². The summed E-state index contributed by atoms with van der Waals surface area (Å²) in [5.41, 5.74) is 2.48. The molecule has 202 valence electrons. The Morgan fingerprint density at radius 3 is 2.51 bits per heavy atom. The van der Waals surface area contributed by atoms with E-state index in [0.717, 1.165) is 30.4 Å². The molecule has 2 heterocycles. The molecule has 39 heavy (non-hydrogen) atoms. The molecule has 0 N–H and O–H groups in total. The number of hydrogen-bond acceptors (Lipinski definition) is 5. The van der Waals surface area contributed by atoms with Gasteiger partial charge in [0, 0.05) is 16.6 Å². The van der Waals surface area contributed by atoms with Gasteiger partial charge in [-0.3, -0.25) is 9.59 Å². The van der Waals surface area contributed by atoms with Gasteiger partial charge in [0.2, 0.25) is 5.76 Å². The summed E-state index contributed by atoms with van der Waals surface area (Å²) in [5, 5.41) is 1.31. The molecule has 1 unspecified atom stereocenters. The number of fused-ring (bicyclic) bond motifs is 2. The largest absolute Gasteiger partial charge is 0.493 e. The molecule has 8 heteroatoms. The molecule has 1 aromatic heterocycles. The standard InChI is InChI=1S/C31H29Cl2NO5/c1-4-5-8-13-38-24-12-11-19(15-26(24)37-3)28-27-29(35)21-16-23(33)18(2)14-25(21)39-30(27)31(36)34(28)17-20-9-6-7-10-22(20)32/h6-7,9-12,14-16,28H,4-5,8,13,17H2,1-3H3. The number of rotatable bonds is 9. The summed E-state index contributed by atoms with van der Waals surface area (Å²) < 4.78 is 17.7. The van der Waals surface area contributed by atoms with Crippen LogP contribution in [0.5, 0.6) is 11.5 Å². The van der Waals surface area contributed by atoms with E-state index in [9.17, 15) is 9.59 Å². The fraction of sp³-hybridized carbons (Fsp3) is 0.290. The van der Waals surface area contributed by atoms with Gasteiger partial charge >= 0.3 is 0 Å². The Labute approximate surface area is 237 Å². The van der Waals surface area contributed by atoms with Gasteiger partial charge in [-0.2, -0.15) is 0 Å². The Balaban J connectivity index is 1.65. The zero-order valence-corrected chi connectivity index (χ0v) is 23.6. The van der Waals surface area contributed by atoms with Crippen molar-refractivity contribution in [3.8, 4) is 11.5 Å². The summed E-state index contributed by atoms with van der Waals surface area (Å²) in [4.78, 5) is 29.4. The van der Waals surface area contributed by atoms with Crippen LogP contribution >= 0.6 is 23.2 Å². The van der Waals surface area contributed by atoms with Gasteiger partial charge in [0.05, 0.1) is 30.7 Å². The minimum atomic E-state index is -0.729. The second-order valence-corrected chi connectivity index (χ2v) is 10.5.